The van der Waals surface area contributed by atoms with Crippen LogP contribution in [0.15, 0.2) is 59.6 Å². The SMILES string of the molecule is CCN=C1C(=CN)Cn2ccnc2-c2ccc(F)cc2C(CO)Oc2cc1c[nH+]c2N. The first kappa shape index (κ1) is 20.5. The van der Waals surface area contributed by atoms with Crippen molar-refractivity contribution in [2.24, 2.45) is 10.7 Å². The van der Waals surface area contributed by atoms with E-state index in [1.807, 2.05) is 17.7 Å². The van der Waals surface area contributed by atoms with E-state index in [-0.39, 0.29) is 12.4 Å². The molecule has 31 heavy (non-hydrogen) atoms. The van der Waals surface area contributed by atoms with Gasteiger partial charge >= 0.3 is 5.82 Å². The van der Waals surface area contributed by atoms with Crippen LogP contribution in [0.5, 0.6) is 5.75 Å². The molecule has 1 unspecified atom stereocenters. The number of aromatic amines is 1. The van der Waals surface area contributed by atoms with Crippen LogP contribution in [-0.2, 0) is 6.54 Å². The van der Waals surface area contributed by atoms with Crippen LogP contribution >= 0.6 is 0 Å². The number of pyridine rings is 1. The fourth-order valence-electron chi connectivity index (χ4n) is 3.68. The minimum Gasteiger partial charge on any atom is -0.475 e. The molecule has 0 spiro atoms. The molecule has 2 bridgehead atoms. The van der Waals surface area contributed by atoms with E-state index in [0.29, 0.717) is 41.5 Å². The summed E-state index contributed by atoms with van der Waals surface area (Å²) in [4.78, 5) is 12.1. The van der Waals surface area contributed by atoms with E-state index in [2.05, 4.69) is 15.0 Å². The van der Waals surface area contributed by atoms with Crippen molar-refractivity contribution < 1.29 is 19.2 Å². The number of fused-ring (bicyclic) bond motifs is 5. The number of aliphatic hydroxyl groups excluding tert-OH is 1. The van der Waals surface area contributed by atoms with Gasteiger partial charge in [0, 0.05) is 53.5 Å². The van der Waals surface area contributed by atoms with Crippen LogP contribution in [-0.4, -0.2) is 33.5 Å². The molecule has 1 aromatic carbocycles. The lowest BCUT2D eigenvalue weighted by Crippen LogP contribution is -2.22. The highest BCUT2D eigenvalue weighted by atomic mass is 19.1. The van der Waals surface area contributed by atoms with Crippen LogP contribution in [0.4, 0.5) is 10.2 Å². The van der Waals surface area contributed by atoms with Crippen molar-refractivity contribution in [1.82, 2.24) is 9.55 Å². The molecular formula is C22H24FN6O2+. The summed E-state index contributed by atoms with van der Waals surface area (Å²) in [6.07, 6.45) is 5.85. The van der Waals surface area contributed by atoms with Gasteiger partial charge in [-0.2, -0.15) is 0 Å². The van der Waals surface area contributed by atoms with Gasteiger partial charge in [-0.05, 0) is 25.1 Å². The van der Waals surface area contributed by atoms with Crippen LogP contribution in [0.2, 0.25) is 0 Å². The highest BCUT2D eigenvalue weighted by Crippen LogP contribution is 2.34. The lowest BCUT2D eigenvalue weighted by molar-refractivity contribution is -0.361. The maximum atomic E-state index is 14.2. The zero-order valence-corrected chi connectivity index (χ0v) is 17.0. The van der Waals surface area contributed by atoms with Gasteiger partial charge in [0.25, 0.3) is 0 Å². The molecule has 0 amide bonds. The number of aliphatic hydroxyl groups is 1. The fourth-order valence-corrected chi connectivity index (χ4v) is 3.68. The summed E-state index contributed by atoms with van der Waals surface area (Å²) in [5, 5.41) is 10.1. The van der Waals surface area contributed by atoms with Gasteiger partial charge in [0.1, 0.15) is 17.7 Å². The molecule has 0 aliphatic carbocycles. The molecule has 3 heterocycles. The number of imidazole rings is 1. The van der Waals surface area contributed by atoms with Crippen LogP contribution in [0.25, 0.3) is 11.4 Å². The van der Waals surface area contributed by atoms with Gasteiger partial charge in [-0.25, -0.2) is 14.4 Å². The van der Waals surface area contributed by atoms with E-state index < -0.39 is 11.9 Å². The number of allylic oxidation sites excluding steroid dienone is 1. The Morgan fingerprint density at radius 1 is 1.42 bits per heavy atom. The number of aromatic nitrogens is 3. The summed E-state index contributed by atoms with van der Waals surface area (Å²) in [6.45, 7) is 2.49. The molecule has 3 aromatic rings. The minimum absolute atomic E-state index is 0.271. The van der Waals surface area contributed by atoms with Crippen molar-refractivity contribution >= 4 is 11.5 Å². The van der Waals surface area contributed by atoms with E-state index in [1.54, 1.807) is 24.5 Å². The van der Waals surface area contributed by atoms with Gasteiger partial charge in [-0.1, -0.05) is 0 Å². The highest BCUT2D eigenvalue weighted by molar-refractivity contribution is 6.12. The number of H-pyrrole nitrogens is 1. The van der Waals surface area contributed by atoms with Gasteiger partial charge in [0.05, 0.1) is 25.1 Å². The molecular weight excluding hydrogens is 399 g/mol. The van der Waals surface area contributed by atoms with Gasteiger partial charge in [0.15, 0.2) is 0 Å². The Labute approximate surface area is 178 Å². The van der Waals surface area contributed by atoms with Crippen LogP contribution in [0.3, 0.4) is 0 Å². The number of anilines is 1. The number of benzene rings is 1. The van der Waals surface area contributed by atoms with Crippen molar-refractivity contribution in [2.45, 2.75) is 19.6 Å². The molecule has 1 aliphatic rings. The Bertz CT molecular complexity index is 1170. The first-order valence-corrected chi connectivity index (χ1v) is 9.91. The summed E-state index contributed by atoms with van der Waals surface area (Å²) in [5.41, 5.74) is 15.4. The molecule has 6 N–H and O–H groups in total. The number of rotatable bonds is 2. The maximum Gasteiger partial charge on any atom is 0.313 e. The molecule has 2 aromatic heterocycles. The smallest absolute Gasteiger partial charge is 0.313 e. The third-order valence-electron chi connectivity index (χ3n) is 5.12. The zero-order valence-electron chi connectivity index (χ0n) is 17.0. The molecule has 8 nitrogen and oxygen atoms in total. The summed E-state index contributed by atoms with van der Waals surface area (Å²) in [7, 11) is 0. The number of ether oxygens (including phenoxy) is 1. The van der Waals surface area contributed by atoms with E-state index in [9.17, 15) is 9.50 Å². The molecule has 9 heteroatoms. The van der Waals surface area contributed by atoms with Gasteiger partial charge in [-0.3, -0.25) is 10.7 Å². The predicted octanol–water partition coefficient (Wildman–Crippen LogP) is 1.86. The number of nitrogens with one attached hydrogen (secondary N) is 1. The molecule has 0 radical (unpaired) electrons. The predicted molar refractivity (Wildman–Crippen MR) is 115 cm³/mol. The van der Waals surface area contributed by atoms with Crippen molar-refractivity contribution in [3.8, 4) is 17.1 Å². The van der Waals surface area contributed by atoms with Crippen molar-refractivity contribution in [2.75, 3.05) is 18.9 Å². The van der Waals surface area contributed by atoms with E-state index >= 15 is 0 Å². The Hall–Kier alpha value is -3.72. The van der Waals surface area contributed by atoms with Crippen LogP contribution < -0.4 is 21.2 Å². The number of hydrogen-bond donors (Lipinski definition) is 3. The molecule has 0 saturated heterocycles. The Morgan fingerprint density at radius 3 is 3.00 bits per heavy atom. The topological polar surface area (TPSA) is 126 Å². The lowest BCUT2D eigenvalue weighted by Gasteiger charge is -2.22. The number of aliphatic imine (C=N–C) groups is 1. The second kappa shape index (κ2) is 8.57. The van der Waals surface area contributed by atoms with E-state index in [1.165, 1.54) is 18.3 Å². The standard InChI is InChI=1S/C22H23FN6O2/c1-2-26-20-13-7-18(21(25)28-10-13)31-19(12-30)17-8-15(23)3-4-16(17)22-27-5-6-29(22)11-14(20)9-24/h3-10,19,30H,2,11-12,24H2,1H3,(H2,25,28)/p+1. The molecule has 160 valence electrons. The average Bonchev–Trinajstić information content (AvgIpc) is 3.23. The number of nitrogens with two attached hydrogens (primary N) is 2. The van der Waals surface area contributed by atoms with Crippen molar-refractivity contribution in [3.63, 3.8) is 0 Å². The lowest BCUT2D eigenvalue weighted by atomic mass is 10.00. The Balaban J connectivity index is 2.00. The monoisotopic (exact) mass is 423 g/mol. The highest BCUT2D eigenvalue weighted by Gasteiger charge is 2.25. The van der Waals surface area contributed by atoms with Crippen molar-refractivity contribution in [3.05, 3.63) is 71.6 Å². The summed E-state index contributed by atoms with van der Waals surface area (Å²) in [6, 6.07) is 6.06. The Kier molecular flexibility index (Phi) is 5.68. The molecule has 0 fully saturated rings. The average molecular weight is 423 g/mol. The van der Waals surface area contributed by atoms with Crippen LogP contribution in [0, 0.1) is 5.82 Å². The summed E-state index contributed by atoms with van der Waals surface area (Å²) in [5.74, 6) is 0.735. The largest absolute Gasteiger partial charge is 0.475 e. The molecule has 0 saturated carbocycles. The first-order chi connectivity index (χ1) is 15.0. The number of nitrogens with zero attached hydrogens (tertiary/aromatic N) is 3. The third kappa shape index (κ3) is 3.87. The third-order valence-corrected chi connectivity index (χ3v) is 5.12. The number of nitrogen functional groups attached to an aromatic ring is 1. The quantitative estimate of drug-likeness (QED) is 0.580. The zero-order chi connectivity index (χ0) is 22.0. The van der Waals surface area contributed by atoms with Gasteiger partial charge < -0.3 is 20.1 Å². The maximum absolute atomic E-state index is 14.2. The Morgan fingerprint density at radius 2 is 2.26 bits per heavy atom. The minimum atomic E-state index is -0.864. The van der Waals surface area contributed by atoms with E-state index in [4.69, 9.17) is 16.2 Å². The number of halogens is 1. The van der Waals surface area contributed by atoms with Crippen molar-refractivity contribution in [1.29, 1.82) is 0 Å². The number of hydrogen-bond acceptors (Lipinski definition) is 6. The normalized spacial score (nSPS) is 18.6. The summed E-state index contributed by atoms with van der Waals surface area (Å²) >= 11 is 0. The second-order valence-corrected chi connectivity index (χ2v) is 7.08. The summed E-state index contributed by atoms with van der Waals surface area (Å²) < 4.78 is 22.1. The molecule has 1 aliphatic heterocycles. The first-order valence-electron chi connectivity index (χ1n) is 9.91. The second-order valence-electron chi connectivity index (χ2n) is 7.08. The van der Waals surface area contributed by atoms with Crippen LogP contribution in [0.1, 0.15) is 24.2 Å². The van der Waals surface area contributed by atoms with Gasteiger partial charge in [0.2, 0.25) is 5.75 Å². The molecule has 4 rings (SSSR count). The molecule has 1 atom stereocenters. The van der Waals surface area contributed by atoms with Gasteiger partial charge in [-0.15, -0.1) is 0 Å². The van der Waals surface area contributed by atoms with E-state index in [0.717, 1.165) is 11.1 Å². The fraction of sp³-hybridized carbons (Fsp3) is 0.227.